The molecule has 0 spiro atoms. The van der Waals surface area contributed by atoms with Gasteiger partial charge < -0.3 is 5.32 Å². The third-order valence-corrected chi connectivity index (χ3v) is 2.40. The number of hydrogen-bond acceptors (Lipinski definition) is 1. The standard InChI is InChI=1S/C11H13Cl2NO/c12-7-2-1-6-11(15)14-10-5-3-4-9(13)8-10/h3-5,8H,1-2,6-7H2,(H,14,15). The predicted molar refractivity (Wildman–Crippen MR) is 64.7 cm³/mol. The number of alkyl halides is 1. The Hall–Kier alpha value is -0.730. The molecule has 0 aliphatic carbocycles. The maximum absolute atomic E-state index is 11.4. The van der Waals surface area contributed by atoms with Gasteiger partial charge in [-0.25, -0.2) is 0 Å². The highest BCUT2D eigenvalue weighted by molar-refractivity contribution is 6.30. The molecule has 4 heteroatoms. The molecule has 0 unspecified atom stereocenters. The molecule has 15 heavy (non-hydrogen) atoms. The molecule has 1 rings (SSSR count). The van der Waals surface area contributed by atoms with Gasteiger partial charge in [-0.2, -0.15) is 0 Å². The van der Waals surface area contributed by atoms with Gasteiger partial charge in [0.1, 0.15) is 0 Å². The van der Waals surface area contributed by atoms with E-state index in [1.54, 1.807) is 18.2 Å². The summed E-state index contributed by atoms with van der Waals surface area (Å²) in [6.45, 7) is 0. The Labute approximate surface area is 99.6 Å². The molecule has 0 aromatic heterocycles. The molecule has 0 saturated carbocycles. The molecule has 0 atom stereocenters. The Kier molecular flexibility index (Phi) is 5.51. The number of amides is 1. The normalized spacial score (nSPS) is 10.0. The molecule has 0 fully saturated rings. The van der Waals surface area contributed by atoms with E-state index in [-0.39, 0.29) is 5.91 Å². The predicted octanol–water partition coefficient (Wildman–Crippen LogP) is 3.69. The van der Waals surface area contributed by atoms with Crippen molar-refractivity contribution in [2.75, 3.05) is 11.2 Å². The maximum Gasteiger partial charge on any atom is 0.224 e. The van der Waals surface area contributed by atoms with Crippen LogP contribution in [0.5, 0.6) is 0 Å². The van der Waals surface area contributed by atoms with Crippen molar-refractivity contribution >= 4 is 34.8 Å². The highest BCUT2D eigenvalue weighted by Gasteiger charge is 2.01. The van der Waals surface area contributed by atoms with Crippen molar-refractivity contribution in [3.05, 3.63) is 29.3 Å². The fraction of sp³-hybridized carbons (Fsp3) is 0.364. The lowest BCUT2D eigenvalue weighted by Gasteiger charge is -2.04. The lowest BCUT2D eigenvalue weighted by atomic mass is 10.2. The second kappa shape index (κ2) is 6.70. The fourth-order valence-electron chi connectivity index (χ4n) is 1.17. The smallest absolute Gasteiger partial charge is 0.224 e. The topological polar surface area (TPSA) is 29.1 Å². The van der Waals surface area contributed by atoms with Crippen molar-refractivity contribution in [1.29, 1.82) is 0 Å². The van der Waals surface area contributed by atoms with E-state index >= 15 is 0 Å². The Morgan fingerprint density at radius 1 is 1.33 bits per heavy atom. The number of unbranched alkanes of at least 4 members (excludes halogenated alkanes) is 1. The quantitative estimate of drug-likeness (QED) is 0.623. The number of halogens is 2. The van der Waals surface area contributed by atoms with Crippen molar-refractivity contribution < 1.29 is 4.79 Å². The summed E-state index contributed by atoms with van der Waals surface area (Å²) in [6.07, 6.45) is 2.18. The summed E-state index contributed by atoms with van der Waals surface area (Å²) in [5.41, 5.74) is 0.735. The lowest BCUT2D eigenvalue weighted by Crippen LogP contribution is -2.10. The molecular weight excluding hydrogens is 233 g/mol. The summed E-state index contributed by atoms with van der Waals surface area (Å²) in [4.78, 5) is 11.4. The molecule has 0 aliphatic heterocycles. The zero-order valence-corrected chi connectivity index (χ0v) is 9.81. The van der Waals surface area contributed by atoms with Crippen molar-refractivity contribution in [3.63, 3.8) is 0 Å². The third-order valence-electron chi connectivity index (χ3n) is 1.90. The molecule has 82 valence electrons. The largest absolute Gasteiger partial charge is 0.326 e. The van der Waals surface area contributed by atoms with Crippen LogP contribution in [-0.2, 0) is 4.79 Å². The van der Waals surface area contributed by atoms with Gasteiger partial charge in [0, 0.05) is 23.0 Å². The summed E-state index contributed by atoms with van der Waals surface area (Å²) in [6, 6.07) is 7.10. The average molecular weight is 246 g/mol. The summed E-state index contributed by atoms with van der Waals surface area (Å²) in [5, 5.41) is 3.39. The van der Waals surface area contributed by atoms with Crippen LogP contribution >= 0.6 is 23.2 Å². The minimum absolute atomic E-state index is 0.00221. The summed E-state index contributed by atoms with van der Waals surface area (Å²) >= 11 is 11.3. The fourth-order valence-corrected chi connectivity index (χ4v) is 1.55. The van der Waals surface area contributed by atoms with E-state index in [0.717, 1.165) is 18.5 Å². The second-order valence-electron chi connectivity index (χ2n) is 3.20. The first kappa shape index (κ1) is 12.3. The first-order valence-corrected chi connectivity index (χ1v) is 5.75. The number of rotatable bonds is 5. The molecule has 0 bridgehead atoms. The van der Waals surface area contributed by atoms with E-state index in [0.29, 0.717) is 17.3 Å². The Morgan fingerprint density at radius 2 is 2.13 bits per heavy atom. The monoisotopic (exact) mass is 245 g/mol. The van der Waals surface area contributed by atoms with Crippen molar-refractivity contribution in [2.24, 2.45) is 0 Å². The van der Waals surface area contributed by atoms with Gasteiger partial charge >= 0.3 is 0 Å². The second-order valence-corrected chi connectivity index (χ2v) is 4.02. The summed E-state index contributed by atoms with van der Waals surface area (Å²) < 4.78 is 0. The first-order valence-electron chi connectivity index (χ1n) is 4.84. The Bertz CT molecular complexity index is 328. The molecular formula is C11H13Cl2NO. The van der Waals surface area contributed by atoms with Gasteiger partial charge in [-0.05, 0) is 31.0 Å². The van der Waals surface area contributed by atoms with Crippen LogP contribution in [0.1, 0.15) is 19.3 Å². The van der Waals surface area contributed by atoms with Gasteiger partial charge in [0.15, 0.2) is 0 Å². The van der Waals surface area contributed by atoms with Crippen LogP contribution in [0.25, 0.3) is 0 Å². The molecule has 0 heterocycles. The van der Waals surface area contributed by atoms with Gasteiger partial charge in [0.25, 0.3) is 0 Å². The number of benzene rings is 1. The zero-order valence-electron chi connectivity index (χ0n) is 8.30. The number of anilines is 1. The SMILES string of the molecule is O=C(CCCCCl)Nc1cccc(Cl)c1. The average Bonchev–Trinajstić information content (AvgIpc) is 2.18. The van der Waals surface area contributed by atoms with Crippen molar-refractivity contribution in [2.45, 2.75) is 19.3 Å². The number of carbonyl (C=O) groups excluding carboxylic acids is 1. The minimum Gasteiger partial charge on any atom is -0.326 e. The van der Waals surface area contributed by atoms with Crippen LogP contribution in [0.2, 0.25) is 5.02 Å². The molecule has 2 nitrogen and oxygen atoms in total. The van der Waals surface area contributed by atoms with E-state index in [1.165, 1.54) is 0 Å². The maximum atomic E-state index is 11.4. The van der Waals surface area contributed by atoms with Crippen LogP contribution in [0.15, 0.2) is 24.3 Å². The van der Waals surface area contributed by atoms with Crippen LogP contribution in [0.4, 0.5) is 5.69 Å². The Balaban J connectivity index is 2.37. The lowest BCUT2D eigenvalue weighted by molar-refractivity contribution is -0.116. The van der Waals surface area contributed by atoms with E-state index in [1.807, 2.05) is 6.07 Å². The highest BCUT2D eigenvalue weighted by Crippen LogP contribution is 2.15. The Morgan fingerprint density at radius 3 is 2.80 bits per heavy atom. The van der Waals surface area contributed by atoms with Crippen LogP contribution < -0.4 is 5.32 Å². The van der Waals surface area contributed by atoms with Gasteiger partial charge in [0.2, 0.25) is 5.91 Å². The zero-order chi connectivity index (χ0) is 11.1. The molecule has 1 aromatic carbocycles. The third kappa shape index (κ3) is 5.05. The van der Waals surface area contributed by atoms with Gasteiger partial charge in [-0.15, -0.1) is 11.6 Å². The van der Waals surface area contributed by atoms with Gasteiger partial charge in [-0.1, -0.05) is 17.7 Å². The molecule has 1 N–H and O–H groups in total. The van der Waals surface area contributed by atoms with Crippen LogP contribution in [0, 0.1) is 0 Å². The van der Waals surface area contributed by atoms with Crippen LogP contribution in [0.3, 0.4) is 0 Å². The first-order chi connectivity index (χ1) is 7.22. The highest BCUT2D eigenvalue weighted by atomic mass is 35.5. The van der Waals surface area contributed by atoms with E-state index in [2.05, 4.69) is 5.32 Å². The van der Waals surface area contributed by atoms with Crippen LogP contribution in [-0.4, -0.2) is 11.8 Å². The number of nitrogens with one attached hydrogen (secondary N) is 1. The van der Waals surface area contributed by atoms with Crippen molar-refractivity contribution in [3.8, 4) is 0 Å². The molecule has 1 aromatic rings. The van der Waals surface area contributed by atoms with E-state index in [4.69, 9.17) is 23.2 Å². The van der Waals surface area contributed by atoms with E-state index in [9.17, 15) is 4.79 Å². The van der Waals surface area contributed by atoms with Gasteiger partial charge in [-0.3, -0.25) is 4.79 Å². The summed E-state index contributed by atoms with van der Waals surface area (Å²) in [5.74, 6) is 0.604. The number of carbonyl (C=O) groups is 1. The van der Waals surface area contributed by atoms with Crippen molar-refractivity contribution in [1.82, 2.24) is 0 Å². The minimum atomic E-state index is 0.00221. The van der Waals surface area contributed by atoms with E-state index < -0.39 is 0 Å². The van der Waals surface area contributed by atoms with Gasteiger partial charge in [0.05, 0.1) is 0 Å². The molecule has 0 aliphatic rings. The molecule has 0 saturated heterocycles. The number of hydrogen-bond donors (Lipinski definition) is 1. The summed E-state index contributed by atoms with van der Waals surface area (Å²) in [7, 11) is 0. The molecule has 0 radical (unpaired) electrons. The molecule has 1 amide bonds.